The Balaban J connectivity index is 1.57. The maximum atomic E-state index is 12.5. The van der Waals surface area contributed by atoms with Gasteiger partial charge in [0.25, 0.3) is 10.0 Å². The van der Waals surface area contributed by atoms with Crippen LogP contribution in [0.1, 0.15) is 30.9 Å². The second-order valence-electron chi connectivity index (χ2n) is 7.51. The number of sulfonamides is 1. The molecule has 2 N–H and O–H groups in total. The molecule has 0 saturated carbocycles. The van der Waals surface area contributed by atoms with E-state index in [2.05, 4.69) is 40.7 Å². The number of nitrogens with one attached hydrogen (secondary N) is 2. The highest BCUT2D eigenvalue weighted by atomic mass is 32.2. The van der Waals surface area contributed by atoms with Crippen LogP contribution in [-0.4, -0.2) is 18.4 Å². The first-order chi connectivity index (χ1) is 13.8. The molecule has 0 aliphatic carbocycles. The van der Waals surface area contributed by atoms with E-state index >= 15 is 0 Å². The molecular formula is C23H23N3O2S. The van der Waals surface area contributed by atoms with Gasteiger partial charge in [-0.15, -0.1) is 0 Å². The number of H-pyrrole nitrogens is 1. The number of hydrogen-bond acceptors (Lipinski definition) is 3. The van der Waals surface area contributed by atoms with Crippen LogP contribution in [0.4, 0.5) is 5.69 Å². The maximum Gasteiger partial charge on any atom is 0.261 e. The number of anilines is 1. The molecular weight excluding hydrogens is 382 g/mol. The molecule has 1 aromatic heterocycles. The zero-order valence-corrected chi connectivity index (χ0v) is 17.4. The van der Waals surface area contributed by atoms with E-state index in [0.29, 0.717) is 11.6 Å². The standard InChI is InChI=1S/C23H23N3O2S/c1-15(2)18-8-13-21-22(14-18)25-23(24-21)17-6-9-19(10-7-17)26-29(27,28)20-11-4-16(3)5-12-20/h4-15,26H,1-3H3,(H,24,25). The number of benzene rings is 3. The molecule has 5 nitrogen and oxygen atoms in total. The Morgan fingerprint density at radius 3 is 2.28 bits per heavy atom. The van der Waals surface area contributed by atoms with E-state index in [1.54, 1.807) is 36.4 Å². The summed E-state index contributed by atoms with van der Waals surface area (Å²) in [5, 5.41) is 0. The lowest BCUT2D eigenvalue weighted by molar-refractivity contribution is 0.601. The minimum Gasteiger partial charge on any atom is -0.338 e. The molecule has 0 radical (unpaired) electrons. The van der Waals surface area contributed by atoms with Gasteiger partial charge in [0.2, 0.25) is 0 Å². The molecule has 0 amide bonds. The highest BCUT2D eigenvalue weighted by Crippen LogP contribution is 2.25. The summed E-state index contributed by atoms with van der Waals surface area (Å²) in [6, 6.07) is 20.2. The highest BCUT2D eigenvalue weighted by Gasteiger charge is 2.14. The number of aromatic nitrogens is 2. The lowest BCUT2D eigenvalue weighted by atomic mass is 10.0. The third-order valence-corrected chi connectivity index (χ3v) is 6.31. The van der Waals surface area contributed by atoms with Gasteiger partial charge in [-0.25, -0.2) is 13.4 Å². The third kappa shape index (κ3) is 4.03. The molecule has 0 bridgehead atoms. The molecule has 4 rings (SSSR count). The normalized spacial score (nSPS) is 11.9. The van der Waals surface area contributed by atoms with Gasteiger partial charge in [0, 0.05) is 11.3 Å². The Morgan fingerprint density at radius 2 is 1.62 bits per heavy atom. The number of fused-ring (bicyclic) bond motifs is 1. The average molecular weight is 406 g/mol. The molecule has 0 atom stereocenters. The predicted octanol–water partition coefficient (Wildman–Crippen LogP) is 5.46. The van der Waals surface area contributed by atoms with Crippen LogP contribution in [0.5, 0.6) is 0 Å². The topological polar surface area (TPSA) is 74.8 Å². The van der Waals surface area contributed by atoms with Crippen LogP contribution >= 0.6 is 0 Å². The molecule has 0 saturated heterocycles. The van der Waals surface area contributed by atoms with Crippen LogP contribution in [0.2, 0.25) is 0 Å². The zero-order chi connectivity index (χ0) is 20.6. The van der Waals surface area contributed by atoms with E-state index in [1.807, 2.05) is 25.1 Å². The van der Waals surface area contributed by atoms with E-state index in [4.69, 9.17) is 0 Å². The summed E-state index contributed by atoms with van der Waals surface area (Å²) < 4.78 is 27.7. The summed E-state index contributed by atoms with van der Waals surface area (Å²) in [4.78, 5) is 8.25. The van der Waals surface area contributed by atoms with Gasteiger partial charge in [0.1, 0.15) is 5.82 Å². The molecule has 0 aliphatic heterocycles. The molecule has 0 aliphatic rings. The van der Waals surface area contributed by atoms with Crippen LogP contribution in [0.25, 0.3) is 22.4 Å². The molecule has 0 fully saturated rings. The van der Waals surface area contributed by atoms with Crippen molar-refractivity contribution in [1.29, 1.82) is 0 Å². The summed E-state index contributed by atoms with van der Waals surface area (Å²) in [5.41, 5.74) is 5.58. The number of aromatic amines is 1. The molecule has 3 aromatic carbocycles. The smallest absolute Gasteiger partial charge is 0.261 e. The monoisotopic (exact) mass is 405 g/mol. The number of hydrogen-bond donors (Lipinski definition) is 2. The van der Waals surface area contributed by atoms with Gasteiger partial charge in [-0.05, 0) is 66.9 Å². The van der Waals surface area contributed by atoms with Crippen LogP contribution in [-0.2, 0) is 10.0 Å². The highest BCUT2D eigenvalue weighted by molar-refractivity contribution is 7.92. The first-order valence-electron chi connectivity index (χ1n) is 9.51. The molecule has 0 unspecified atom stereocenters. The van der Waals surface area contributed by atoms with Crippen molar-refractivity contribution in [3.05, 3.63) is 77.9 Å². The van der Waals surface area contributed by atoms with Gasteiger partial charge in [-0.2, -0.15) is 0 Å². The lowest BCUT2D eigenvalue weighted by Crippen LogP contribution is -2.12. The van der Waals surface area contributed by atoms with Crippen LogP contribution in [0.15, 0.2) is 71.6 Å². The van der Waals surface area contributed by atoms with Gasteiger partial charge >= 0.3 is 0 Å². The number of aryl methyl sites for hydroxylation is 1. The Morgan fingerprint density at radius 1 is 0.931 bits per heavy atom. The van der Waals surface area contributed by atoms with Gasteiger partial charge in [0.15, 0.2) is 0 Å². The van der Waals surface area contributed by atoms with Crippen molar-refractivity contribution >= 4 is 26.7 Å². The number of rotatable bonds is 5. The summed E-state index contributed by atoms with van der Waals surface area (Å²) in [6.07, 6.45) is 0. The fourth-order valence-corrected chi connectivity index (χ4v) is 4.21. The zero-order valence-electron chi connectivity index (χ0n) is 16.6. The van der Waals surface area contributed by atoms with Crippen molar-refractivity contribution in [2.24, 2.45) is 0 Å². The number of nitrogens with zero attached hydrogens (tertiary/aromatic N) is 1. The van der Waals surface area contributed by atoms with Gasteiger partial charge in [0.05, 0.1) is 15.9 Å². The predicted molar refractivity (Wildman–Crippen MR) is 118 cm³/mol. The van der Waals surface area contributed by atoms with E-state index in [0.717, 1.165) is 28.0 Å². The Hall–Kier alpha value is -3.12. The molecule has 29 heavy (non-hydrogen) atoms. The Bertz CT molecular complexity index is 1260. The minimum atomic E-state index is -3.61. The Labute approximate surface area is 170 Å². The van der Waals surface area contributed by atoms with E-state index in [1.165, 1.54) is 5.56 Å². The van der Waals surface area contributed by atoms with Gasteiger partial charge in [-0.3, -0.25) is 4.72 Å². The molecule has 1 heterocycles. The molecule has 4 aromatic rings. The average Bonchev–Trinajstić information content (AvgIpc) is 3.12. The SMILES string of the molecule is Cc1ccc(S(=O)(=O)Nc2ccc(-c3nc4ccc(C(C)C)cc4[nH]3)cc2)cc1. The number of imidazole rings is 1. The quantitative estimate of drug-likeness (QED) is 0.463. The summed E-state index contributed by atoms with van der Waals surface area (Å²) in [7, 11) is -3.61. The van der Waals surface area contributed by atoms with E-state index in [9.17, 15) is 8.42 Å². The van der Waals surface area contributed by atoms with Crippen LogP contribution < -0.4 is 4.72 Å². The van der Waals surface area contributed by atoms with Crippen LogP contribution in [0, 0.1) is 6.92 Å². The summed E-state index contributed by atoms with van der Waals surface area (Å²) >= 11 is 0. The van der Waals surface area contributed by atoms with Gasteiger partial charge in [-0.1, -0.05) is 37.6 Å². The van der Waals surface area contributed by atoms with Crippen LogP contribution in [0.3, 0.4) is 0 Å². The van der Waals surface area contributed by atoms with Crippen molar-refractivity contribution in [3.63, 3.8) is 0 Å². The van der Waals surface area contributed by atoms with Crippen molar-refractivity contribution < 1.29 is 8.42 Å². The third-order valence-electron chi connectivity index (χ3n) is 4.91. The summed E-state index contributed by atoms with van der Waals surface area (Å²) in [6.45, 7) is 6.24. The second kappa shape index (κ2) is 7.37. The maximum absolute atomic E-state index is 12.5. The lowest BCUT2D eigenvalue weighted by Gasteiger charge is -2.08. The summed E-state index contributed by atoms with van der Waals surface area (Å²) in [5.74, 6) is 1.21. The van der Waals surface area contributed by atoms with E-state index in [-0.39, 0.29) is 4.90 Å². The molecule has 6 heteroatoms. The minimum absolute atomic E-state index is 0.241. The van der Waals surface area contributed by atoms with Crippen molar-refractivity contribution in [3.8, 4) is 11.4 Å². The fraction of sp³-hybridized carbons (Fsp3) is 0.174. The van der Waals surface area contributed by atoms with E-state index < -0.39 is 10.0 Å². The van der Waals surface area contributed by atoms with Crippen molar-refractivity contribution in [1.82, 2.24) is 9.97 Å². The fourth-order valence-electron chi connectivity index (χ4n) is 3.15. The first-order valence-corrected chi connectivity index (χ1v) is 11.0. The largest absolute Gasteiger partial charge is 0.338 e. The second-order valence-corrected chi connectivity index (χ2v) is 9.20. The molecule has 0 spiro atoms. The van der Waals surface area contributed by atoms with Crippen molar-refractivity contribution in [2.45, 2.75) is 31.6 Å². The van der Waals surface area contributed by atoms with Gasteiger partial charge < -0.3 is 4.98 Å². The van der Waals surface area contributed by atoms with Crippen molar-refractivity contribution in [2.75, 3.05) is 4.72 Å². The molecule has 148 valence electrons. The first kappa shape index (κ1) is 19.2. The Kier molecular flexibility index (Phi) is 4.88.